The van der Waals surface area contributed by atoms with Crippen LogP contribution in [-0.2, 0) is 9.53 Å². The van der Waals surface area contributed by atoms with Crippen LogP contribution in [0.4, 0.5) is 0 Å². The lowest BCUT2D eigenvalue weighted by atomic mass is 10.2. The maximum atomic E-state index is 11.6. The van der Waals surface area contributed by atoms with Gasteiger partial charge in [-0.3, -0.25) is 25.4 Å². The molecule has 2 heterocycles. The van der Waals surface area contributed by atoms with Crippen molar-refractivity contribution >= 4 is 11.8 Å². The standard InChI is InChI=1S/C12H13N3O3/c16-11(9-5-1-3-7-13-9)14-15-12(17)10-6-2-4-8-18-10/h1-5,7,10H,6,8H2,(H,14,16)(H,15,17). The highest BCUT2D eigenvalue weighted by Crippen LogP contribution is 2.05. The fraction of sp³-hybridized carbons (Fsp3) is 0.250. The van der Waals surface area contributed by atoms with Crippen LogP contribution in [0.25, 0.3) is 0 Å². The van der Waals surface area contributed by atoms with Crippen LogP contribution in [0, 0.1) is 0 Å². The fourth-order valence-electron chi connectivity index (χ4n) is 1.47. The molecule has 0 radical (unpaired) electrons. The molecule has 18 heavy (non-hydrogen) atoms. The second-order valence-corrected chi connectivity index (χ2v) is 3.69. The Bertz CT molecular complexity index is 459. The van der Waals surface area contributed by atoms with Crippen LogP contribution in [0.5, 0.6) is 0 Å². The number of nitrogens with zero attached hydrogens (tertiary/aromatic N) is 1. The van der Waals surface area contributed by atoms with Crippen molar-refractivity contribution in [3.05, 3.63) is 42.2 Å². The molecule has 0 saturated carbocycles. The number of hydrogen-bond acceptors (Lipinski definition) is 4. The van der Waals surface area contributed by atoms with Crippen LogP contribution in [0.2, 0.25) is 0 Å². The van der Waals surface area contributed by atoms with E-state index < -0.39 is 12.0 Å². The minimum Gasteiger partial charge on any atom is -0.364 e. The summed E-state index contributed by atoms with van der Waals surface area (Å²) in [5, 5.41) is 0. The van der Waals surface area contributed by atoms with Crippen molar-refractivity contribution in [2.75, 3.05) is 6.61 Å². The molecule has 1 aromatic heterocycles. The Morgan fingerprint density at radius 2 is 2.17 bits per heavy atom. The van der Waals surface area contributed by atoms with E-state index in [1.807, 2.05) is 12.2 Å². The number of rotatable bonds is 2. The van der Waals surface area contributed by atoms with Gasteiger partial charge in [-0.05, 0) is 12.1 Å². The summed E-state index contributed by atoms with van der Waals surface area (Å²) in [4.78, 5) is 27.1. The van der Waals surface area contributed by atoms with Crippen molar-refractivity contribution in [2.45, 2.75) is 12.5 Å². The largest absolute Gasteiger partial charge is 0.364 e. The summed E-state index contributed by atoms with van der Waals surface area (Å²) in [5.41, 5.74) is 4.84. The van der Waals surface area contributed by atoms with Crippen LogP contribution in [0.15, 0.2) is 36.5 Å². The van der Waals surface area contributed by atoms with E-state index >= 15 is 0 Å². The third kappa shape index (κ3) is 3.14. The topological polar surface area (TPSA) is 80.3 Å². The second kappa shape index (κ2) is 5.92. The van der Waals surface area contributed by atoms with Crippen molar-refractivity contribution in [3.8, 4) is 0 Å². The SMILES string of the molecule is O=C(NNC(=O)C1CC=CCO1)c1ccccn1. The highest BCUT2D eigenvalue weighted by molar-refractivity contribution is 5.94. The average molecular weight is 247 g/mol. The third-order valence-electron chi connectivity index (χ3n) is 2.40. The van der Waals surface area contributed by atoms with E-state index in [9.17, 15) is 9.59 Å². The molecule has 2 amide bonds. The van der Waals surface area contributed by atoms with E-state index in [1.54, 1.807) is 18.2 Å². The zero-order chi connectivity index (χ0) is 12.8. The fourth-order valence-corrected chi connectivity index (χ4v) is 1.47. The number of pyridine rings is 1. The van der Waals surface area contributed by atoms with E-state index in [2.05, 4.69) is 15.8 Å². The van der Waals surface area contributed by atoms with Gasteiger partial charge in [-0.1, -0.05) is 18.2 Å². The van der Waals surface area contributed by atoms with E-state index in [-0.39, 0.29) is 11.6 Å². The van der Waals surface area contributed by atoms with Gasteiger partial charge in [-0.2, -0.15) is 0 Å². The molecule has 0 bridgehead atoms. The maximum Gasteiger partial charge on any atom is 0.288 e. The molecule has 1 atom stereocenters. The predicted octanol–water partition coefficient (Wildman–Crippen LogP) is 0.188. The molecule has 1 unspecified atom stereocenters. The molecule has 1 aliphatic heterocycles. The first-order valence-electron chi connectivity index (χ1n) is 5.55. The first-order chi connectivity index (χ1) is 8.77. The highest BCUT2D eigenvalue weighted by Gasteiger charge is 2.20. The van der Waals surface area contributed by atoms with Gasteiger partial charge in [0.1, 0.15) is 11.8 Å². The molecule has 6 heteroatoms. The second-order valence-electron chi connectivity index (χ2n) is 3.69. The molecule has 94 valence electrons. The van der Waals surface area contributed by atoms with Gasteiger partial charge < -0.3 is 4.74 Å². The van der Waals surface area contributed by atoms with Crippen molar-refractivity contribution in [1.29, 1.82) is 0 Å². The van der Waals surface area contributed by atoms with Crippen LogP contribution < -0.4 is 10.9 Å². The number of amides is 2. The first-order valence-corrected chi connectivity index (χ1v) is 5.55. The van der Waals surface area contributed by atoms with Gasteiger partial charge in [0, 0.05) is 12.6 Å². The van der Waals surface area contributed by atoms with E-state index in [4.69, 9.17) is 4.74 Å². The van der Waals surface area contributed by atoms with Gasteiger partial charge in [0.25, 0.3) is 11.8 Å². The Balaban J connectivity index is 1.83. The number of hydrazine groups is 1. The quantitative estimate of drug-likeness (QED) is 0.577. The van der Waals surface area contributed by atoms with Gasteiger partial charge in [-0.15, -0.1) is 0 Å². The van der Waals surface area contributed by atoms with E-state index in [0.29, 0.717) is 13.0 Å². The zero-order valence-electron chi connectivity index (χ0n) is 9.63. The van der Waals surface area contributed by atoms with Gasteiger partial charge in [0.2, 0.25) is 0 Å². The van der Waals surface area contributed by atoms with Gasteiger partial charge in [0.05, 0.1) is 6.61 Å². The molecular formula is C12H13N3O3. The molecule has 0 saturated heterocycles. The van der Waals surface area contributed by atoms with Crippen LogP contribution in [0.3, 0.4) is 0 Å². The summed E-state index contributed by atoms with van der Waals surface area (Å²) in [5.74, 6) is -0.834. The summed E-state index contributed by atoms with van der Waals surface area (Å²) in [6.07, 6.45) is 5.17. The summed E-state index contributed by atoms with van der Waals surface area (Å²) in [6, 6.07) is 4.96. The number of aromatic nitrogens is 1. The lowest BCUT2D eigenvalue weighted by Gasteiger charge is -2.18. The summed E-state index contributed by atoms with van der Waals surface area (Å²) in [6.45, 7) is 0.409. The number of carbonyl (C=O) groups excluding carboxylic acids is 2. The lowest BCUT2D eigenvalue weighted by molar-refractivity contribution is -0.133. The monoisotopic (exact) mass is 247 g/mol. The number of hydrogen-bond donors (Lipinski definition) is 2. The molecule has 2 N–H and O–H groups in total. The zero-order valence-corrected chi connectivity index (χ0v) is 9.63. The van der Waals surface area contributed by atoms with Crippen LogP contribution in [-0.4, -0.2) is 29.5 Å². The molecule has 1 aliphatic rings. The molecule has 2 rings (SSSR count). The third-order valence-corrected chi connectivity index (χ3v) is 2.40. The Labute approximate surface area is 104 Å². The van der Waals surface area contributed by atoms with Crippen molar-refractivity contribution in [1.82, 2.24) is 15.8 Å². The van der Waals surface area contributed by atoms with Crippen molar-refractivity contribution < 1.29 is 14.3 Å². The Morgan fingerprint density at radius 3 is 2.83 bits per heavy atom. The normalized spacial score (nSPS) is 18.1. The van der Waals surface area contributed by atoms with E-state index in [1.165, 1.54) is 6.20 Å². The van der Waals surface area contributed by atoms with Gasteiger partial charge in [0.15, 0.2) is 0 Å². The number of ether oxygens (including phenoxy) is 1. The van der Waals surface area contributed by atoms with Crippen LogP contribution in [0.1, 0.15) is 16.9 Å². The molecule has 0 fully saturated rings. The minimum absolute atomic E-state index is 0.238. The summed E-state index contributed by atoms with van der Waals surface area (Å²) in [7, 11) is 0. The number of carbonyl (C=O) groups is 2. The van der Waals surface area contributed by atoms with Crippen molar-refractivity contribution in [3.63, 3.8) is 0 Å². The van der Waals surface area contributed by atoms with Gasteiger partial charge in [-0.25, -0.2) is 0 Å². The van der Waals surface area contributed by atoms with E-state index in [0.717, 1.165) is 0 Å². The Morgan fingerprint density at radius 1 is 1.28 bits per heavy atom. The lowest BCUT2D eigenvalue weighted by Crippen LogP contribution is -2.47. The molecule has 6 nitrogen and oxygen atoms in total. The number of nitrogens with one attached hydrogen (secondary N) is 2. The summed E-state index contributed by atoms with van der Waals surface area (Å²) < 4.78 is 5.21. The molecule has 0 aliphatic carbocycles. The smallest absolute Gasteiger partial charge is 0.288 e. The van der Waals surface area contributed by atoms with Crippen LogP contribution >= 0.6 is 0 Å². The highest BCUT2D eigenvalue weighted by atomic mass is 16.5. The average Bonchev–Trinajstić information content (AvgIpc) is 2.46. The summed E-state index contributed by atoms with van der Waals surface area (Å²) >= 11 is 0. The molecule has 0 spiro atoms. The molecule has 0 aromatic carbocycles. The first kappa shape index (κ1) is 12.3. The Kier molecular flexibility index (Phi) is 4.03. The molecule has 1 aromatic rings. The molecular weight excluding hydrogens is 234 g/mol. The van der Waals surface area contributed by atoms with Crippen molar-refractivity contribution in [2.24, 2.45) is 0 Å². The predicted molar refractivity (Wildman–Crippen MR) is 63.3 cm³/mol. The Hall–Kier alpha value is -2.21. The maximum absolute atomic E-state index is 11.6. The minimum atomic E-state index is -0.556. The van der Waals surface area contributed by atoms with Gasteiger partial charge >= 0.3 is 0 Å².